The molecule has 0 saturated heterocycles. The van der Waals surface area contributed by atoms with Crippen molar-refractivity contribution in [3.8, 4) is 5.75 Å². The number of hydrogen-bond donors (Lipinski definition) is 2. The van der Waals surface area contributed by atoms with E-state index < -0.39 is 16.3 Å². The summed E-state index contributed by atoms with van der Waals surface area (Å²) in [5.41, 5.74) is -0.630. The first-order valence-electron chi connectivity index (χ1n) is 6.78. The number of methoxy groups -OCH3 is 1. The third-order valence-corrected chi connectivity index (χ3v) is 4.03. The highest BCUT2D eigenvalue weighted by Gasteiger charge is 2.41. The van der Waals surface area contributed by atoms with Crippen LogP contribution in [0, 0.1) is 15.5 Å². The molecule has 0 heterocycles. The highest BCUT2D eigenvalue weighted by Crippen LogP contribution is 2.39. The number of hydrogen-bond acceptors (Lipinski definition) is 5. The predicted molar refractivity (Wildman–Crippen MR) is 76.7 cm³/mol. The number of carboxylic acid groups (broad SMARTS) is 1. The highest BCUT2D eigenvalue weighted by molar-refractivity contribution is 5.76. The van der Waals surface area contributed by atoms with Crippen molar-refractivity contribution in [1.29, 1.82) is 0 Å². The zero-order chi connectivity index (χ0) is 15.5. The monoisotopic (exact) mass is 294 g/mol. The number of nitro groups is 1. The van der Waals surface area contributed by atoms with Crippen LogP contribution in [-0.4, -0.2) is 29.7 Å². The van der Waals surface area contributed by atoms with Gasteiger partial charge in [0, 0.05) is 6.54 Å². The predicted octanol–water partition coefficient (Wildman–Crippen LogP) is 2.66. The van der Waals surface area contributed by atoms with Gasteiger partial charge in [0.15, 0.2) is 0 Å². The average molecular weight is 294 g/mol. The molecule has 0 atom stereocenters. The van der Waals surface area contributed by atoms with Gasteiger partial charge in [-0.05, 0) is 25.0 Å². The molecule has 1 fully saturated rings. The van der Waals surface area contributed by atoms with Gasteiger partial charge >= 0.3 is 5.97 Å². The van der Waals surface area contributed by atoms with Gasteiger partial charge in [-0.2, -0.15) is 0 Å². The first-order chi connectivity index (χ1) is 9.98. The number of ether oxygens (including phenoxy) is 1. The summed E-state index contributed by atoms with van der Waals surface area (Å²) in [6.07, 6.45) is 2.94. The lowest BCUT2D eigenvalue weighted by molar-refractivity contribution is -0.384. The fourth-order valence-corrected chi connectivity index (χ4v) is 2.72. The third kappa shape index (κ3) is 3.07. The summed E-state index contributed by atoms with van der Waals surface area (Å²) >= 11 is 0. The second-order valence-electron chi connectivity index (χ2n) is 5.29. The SMILES string of the molecule is COc1ccc(NCC2(C(=O)O)CCCC2)c([N+](=O)[O-])c1. The Balaban J connectivity index is 2.19. The van der Waals surface area contributed by atoms with Crippen LogP contribution in [0.4, 0.5) is 11.4 Å². The van der Waals surface area contributed by atoms with E-state index in [1.54, 1.807) is 12.1 Å². The van der Waals surface area contributed by atoms with Gasteiger partial charge in [-0.1, -0.05) is 12.8 Å². The van der Waals surface area contributed by atoms with Crippen molar-refractivity contribution >= 4 is 17.3 Å². The highest BCUT2D eigenvalue weighted by atomic mass is 16.6. The Morgan fingerprint density at radius 2 is 2.14 bits per heavy atom. The second kappa shape index (κ2) is 5.99. The lowest BCUT2D eigenvalue weighted by Crippen LogP contribution is -2.35. The van der Waals surface area contributed by atoms with Crippen LogP contribution < -0.4 is 10.1 Å². The van der Waals surface area contributed by atoms with Crippen molar-refractivity contribution < 1.29 is 19.6 Å². The standard InChI is InChI=1S/C14H18N2O5/c1-21-10-4-5-11(12(8-10)16(19)20)15-9-14(13(17)18)6-2-3-7-14/h4-5,8,15H,2-3,6-7,9H2,1H3,(H,17,18). The van der Waals surface area contributed by atoms with Gasteiger partial charge in [-0.15, -0.1) is 0 Å². The van der Waals surface area contributed by atoms with Crippen LogP contribution in [0.3, 0.4) is 0 Å². The summed E-state index contributed by atoms with van der Waals surface area (Å²) in [6.45, 7) is 0.190. The zero-order valence-corrected chi connectivity index (χ0v) is 11.8. The molecule has 2 rings (SSSR count). The molecule has 1 aliphatic rings. The number of anilines is 1. The van der Waals surface area contributed by atoms with Gasteiger partial charge in [0.05, 0.1) is 23.5 Å². The quantitative estimate of drug-likeness (QED) is 0.617. The molecular formula is C14H18N2O5. The van der Waals surface area contributed by atoms with Gasteiger partial charge in [-0.3, -0.25) is 14.9 Å². The van der Waals surface area contributed by atoms with E-state index in [0.29, 0.717) is 24.3 Å². The molecule has 7 heteroatoms. The minimum atomic E-state index is -0.844. The first-order valence-corrected chi connectivity index (χ1v) is 6.78. The van der Waals surface area contributed by atoms with Crippen molar-refractivity contribution in [2.24, 2.45) is 5.41 Å². The molecule has 1 saturated carbocycles. The molecule has 0 unspecified atom stereocenters. The van der Waals surface area contributed by atoms with Gasteiger partial charge < -0.3 is 15.2 Å². The molecule has 7 nitrogen and oxygen atoms in total. The number of benzene rings is 1. The molecule has 114 valence electrons. The third-order valence-electron chi connectivity index (χ3n) is 4.03. The molecule has 0 aliphatic heterocycles. The van der Waals surface area contributed by atoms with Gasteiger partial charge in [-0.25, -0.2) is 0 Å². The van der Waals surface area contributed by atoms with E-state index in [-0.39, 0.29) is 12.2 Å². The number of nitro benzene ring substituents is 1. The van der Waals surface area contributed by atoms with E-state index in [4.69, 9.17) is 4.74 Å². The molecule has 1 aliphatic carbocycles. The van der Waals surface area contributed by atoms with Crippen molar-refractivity contribution in [2.75, 3.05) is 19.0 Å². The summed E-state index contributed by atoms with van der Waals surface area (Å²) < 4.78 is 4.97. The van der Waals surface area contributed by atoms with Crippen LogP contribution >= 0.6 is 0 Å². The number of nitrogens with zero attached hydrogens (tertiary/aromatic N) is 1. The van der Waals surface area contributed by atoms with Crippen LogP contribution in [0.15, 0.2) is 18.2 Å². The summed E-state index contributed by atoms with van der Waals surface area (Å²) in [5, 5.41) is 23.4. The maximum Gasteiger partial charge on any atom is 0.311 e. The van der Waals surface area contributed by atoms with E-state index in [0.717, 1.165) is 12.8 Å². The van der Waals surface area contributed by atoms with Crippen molar-refractivity contribution in [2.45, 2.75) is 25.7 Å². The molecule has 0 bridgehead atoms. The molecule has 1 aromatic carbocycles. The van der Waals surface area contributed by atoms with E-state index in [1.807, 2.05) is 0 Å². The fourth-order valence-electron chi connectivity index (χ4n) is 2.72. The number of nitrogens with one attached hydrogen (secondary N) is 1. The number of rotatable bonds is 6. The van der Waals surface area contributed by atoms with E-state index >= 15 is 0 Å². The van der Waals surface area contributed by atoms with Crippen LogP contribution in [0.25, 0.3) is 0 Å². The maximum atomic E-state index is 11.5. The van der Waals surface area contributed by atoms with E-state index in [1.165, 1.54) is 13.2 Å². The van der Waals surface area contributed by atoms with E-state index in [9.17, 15) is 20.0 Å². The maximum absolute atomic E-state index is 11.5. The van der Waals surface area contributed by atoms with Crippen molar-refractivity contribution in [1.82, 2.24) is 0 Å². The molecule has 0 amide bonds. The Bertz CT molecular complexity index is 552. The normalized spacial score (nSPS) is 16.4. The Kier molecular flexibility index (Phi) is 4.30. The smallest absolute Gasteiger partial charge is 0.311 e. The second-order valence-corrected chi connectivity index (χ2v) is 5.29. The van der Waals surface area contributed by atoms with Crippen LogP contribution in [0.1, 0.15) is 25.7 Å². The molecule has 0 aromatic heterocycles. The van der Waals surface area contributed by atoms with Gasteiger partial charge in [0.25, 0.3) is 5.69 Å². The van der Waals surface area contributed by atoms with E-state index in [2.05, 4.69) is 5.32 Å². The molecule has 0 spiro atoms. The Hall–Kier alpha value is -2.31. The van der Waals surface area contributed by atoms with Crippen molar-refractivity contribution in [3.05, 3.63) is 28.3 Å². The number of carboxylic acids is 1. The first kappa shape index (κ1) is 15.1. The molecule has 1 aromatic rings. The Morgan fingerprint density at radius 1 is 1.48 bits per heavy atom. The Morgan fingerprint density at radius 3 is 2.67 bits per heavy atom. The summed E-state index contributed by atoms with van der Waals surface area (Å²) in [4.78, 5) is 22.1. The van der Waals surface area contributed by atoms with Crippen LogP contribution in [0.5, 0.6) is 5.75 Å². The van der Waals surface area contributed by atoms with Gasteiger partial charge in [0.1, 0.15) is 11.4 Å². The minimum Gasteiger partial charge on any atom is -0.496 e. The van der Waals surface area contributed by atoms with Crippen molar-refractivity contribution in [3.63, 3.8) is 0 Å². The lowest BCUT2D eigenvalue weighted by atomic mass is 9.86. The minimum absolute atomic E-state index is 0.118. The molecular weight excluding hydrogens is 276 g/mol. The molecule has 2 N–H and O–H groups in total. The number of aliphatic carboxylic acids is 1. The summed E-state index contributed by atoms with van der Waals surface area (Å²) in [5.74, 6) is -0.454. The Labute approximate surface area is 122 Å². The largest absolute Gasteiger partial charge is 0.496 e. The summed E-state index contributed by atoms with van der Waals surface area (Å²) in [6, 6.07) is 4.48. The fraction of sp³-hybridized carbons (Fsp3) is 0.500. The van der Waals surface area contributed by atoms with Crippen LogP contribution in [-0.2, 0) is 4.79 Å². The summed E-state index contributed by atoms with van der Waals surface area (Å²) in [7, 11) is 1.43. The molecule has 0 radical (unpaired) electrons. The van der Waals surface area contributed by atoms with Crippen LogP contribution in [0.2, 0.25) is 0 Å². The molecule has 21 heavy (non-hydrogen) atoms. The topological polar surface area (TPSA) is 102 Å². The lowest BCUT2D eigenvalue weighted by Gasteiger charge is -2.24. The average Bonchev–Trinajstić information content (AvgIpc) is 2.95. The van der Waals surface area contributed by atoms with Gasteiger partial charge in [0.2, 0.25) is 0 Å². The zero-order valence-electron chi connectivity index (χ0n) is 11.8. The number of carbonyl (C=O) groups is 1.